The molecule has 3 rings (SSSR count). The first-order chi connectivity index (χ1) is 11.7. The lowest BCUT2D eigenvalue weighted by Gasteiger charge is -2.08. The van der Waals surface area contributed by atoms with Crippen molar-refractivity contribution in [2.45, 2.75) is 19.8 Å². The van der Waals surface area contributed by atoms with Gasteiger partial charge in [0.15, 0.2) is 0 Å². The third-order valence-corrected chi connectivity index (χ3v) is 4.70. The van der Waals surface area contributed by atoms with Crippen molar-refractivity contribution in [3.63, 3.8) is 0 Å². The van der Waals surface area contributed by atoms with Crippen molar-refractivity contribution in [2.75, 3.05) is 19.0 Å². The molecule has 1 aromatic carbocycles. The number of anilines is 1. The smallest absolute Gasteiger partial charge is 0.305 e. The predicted molar refractivity (Wildman–Crippen MR) is 97.3 cm³/mol. The molecule has 0 aliphatic carbocycles. The maximum Gasteiger partial charge on any atom is 0.305 e. The highest BCUT2D eigenvalue weighted by molar-refractivity contribution is 7.17. The van der Waals surface area contributed by atoms with Crippen molar-refractivity contribution < 1.29 is 9.53 Å². The van der Waals surface area contributed by atoms with E-state index in [2.05, 4.69) is 56.6 Å². The molecule has 0 spiro atoms. The van der Waals surface area contributed by atoms with E-state index in [1.165, 1.54) is 12.7 Å². The summed E-state index contributed by atoms with van der Waals surface area (Å²) in [6.45, 7) is 2.73. The summed E-state index contributed by atoms with van der Waals surface area (Å²) in [6.07, 6.45) is 2.66. The van der Waals surface area contributed by atoms with Gasteiger partial charge in [-0.25, -0.2) is 9.97 Å². The quantitative estimate of drug-likeness (QED) is 0.542. The zero-order valence-electron chi connectivity index (χ0n) is 13.7. The first-order valence-electron chi connectivity index (χ1n) is 7.79. The largest absolute Gasteiger partial charge is 0.469 e. The number of carbonyl (C=O) groups is 1. The van der Waals surface area contributed by atoms with E-state index in [1.54, 1.807) is 17.7 Å². The summed E-state index contributed by atoms with van der Waals surface area (Å²) in [7, 11) is 1.41. The lowest BCUT2D eigenvalue weighted by Crippen LogP contribution is -2.08. The van der Waals surface area contributed by atoms with Gasteiger partial charge in [0, 0.05) is 23.9 Å². The van der Waals surface area contributed by atoms with E-state index in [-0.39, 0.29) is 5.97 Å². The molecule has 0 aliphatic heterocycles. The molecule has 0 atom stereocenters. The van der Waals surface area contributed by atoms with Crippen LogP contribution in [0.4, 0.5) is 5.82 Å². The van der Waals surface area contributed by atoms with Gasteiger partial charge in [-0.15, -0.1) is 11.3 Å². The van der Waals surface area contributed by atoms with E-state index in [9.17, 15) is 4.79 Å². The van der Waals surface area contributed by atoms with E-state index in [0.717, 1.165) is 27.2 Å². The minimum absolute atomic E-state index is 0.194. The number of benzene rings is 1. The number of rotatable bonds is 6. The van der Waals surface area contributed by atoms with Crippen LogP contribution in [0, 0.1) is 6.92 Å². The zero-order valence-corrected chi connectivity index (χ0v) is 14.5. The fourth-order valence-corrected chi connectivity index (χ4v) is 3.41. The Labute approximate surface area is 144 Å². The number of methoxy groups -OCH3 is 1. The Kier molecular flexibility index (Phi) is 5.05. The third-order valence-electron chi connectivity index (χ3n) is 3.81. The second-order valence-corrected chi connectivity index (χ2v) is 6.38. The van der Waals surface area contributed by atoms with E-state index >= 15 is 0 Å². The van der Waals surface area contributed by atoms with Crippen LogP contribution in [-0.2, 0) is 9.53 Å². The van der Waals surface area contributed by atoms with E-state index in [1.807, 2.05) is 0 Å². The van der Waals surface area contributed by atoms with Crippen LogP contribution >= 0.6 is 11.3 Å². The fourth-order valence-electron chi connectivity index (χ4n) is 2.50. The molecular formula is C18H19N3O2S. The number of ether oxygens (including phenoxy) is 1. The van der Waals surface area contributed by atoms with E-state index in [4.69, 9.17) is 0 Å². The average molecular weight is 341 g/mol. The Morgan fingerprint density at radius 2 is 2.04 bits per heavy atom. The van der Waals surface area contributed by atoms with Gasteiger partial charge in [0.25, 0.3) is 0 Å². The highest BCUT2D eigenvalue weighted by Crippen LogP contribution is 2.36. The number of nitrogens with zero attached hydrogens (tertiary/aromatic N) is 2. The molecule has 24 heavy (non-hydrogen) atoms. The lowest BCUT2D eigenvalue weighted by molar-refractivity contribution is -0.140. The van der Waals surface area contributed by atoms with Crippen molar-refractivity contribution in [1.29, 1.82) is 0 Å². The second kappa shape index (κ2) is 7.40. The highest BCUT2D eigenvalue weighted by Gasteiger charge is 2.13. The molecule has 3 aromatic rings. The molecule has 5 nitrogen and oxygen atoms in total. The molecule has 0 radical (unpaired) electrons. The Morgan fingerprint density at radius 1 is 1.25 bits per heavy atom. The minimum Gasteiger partial charge on any atom is -0.469 e. The molecule has 1 N–H and O–H groups in total. The number of fused-ring (bicyclic) bond motifs is 1. The summed E-state index contributed by atoms with van der Waals surface area (Å²) >= 11 is 1.61. The van der Waals surface area contributed by atoms with Crippen molar-refractivity contribution in [3.05, 3.63) is 41.5 Å². The number of aryl methyl sites for hydroxylation is 1. The van der Waals surface area contributed by atoms with Gasteiger partial charge in [0.1, 0.15) is 17.0 Å². The summed E-state index contributed by atoms with van der Waals surface area (Å²) in [6, 6.07) is 8.44. The van der Waals surface area contributed by atoms with Crippen LogP contribution < -0.4 is 5.32 Å². The molecule has 0 saturated heterocycles. The Hall–Kier alpha value is -2.47. The number of hydrogen-bond donors (Lipinski definition) is 1. The number of hydrogen-bond acceptors (Lipinski definition) is 6. The number of carbonyl (C=O) groups excluding carboxylic acids is 1. The molecule has 2 aromatic heterocycles. The van der Waals surface area contributed by atoms with Gasteiger partial charge in [0.05, 0.1) is 12.5 Å². The summed E-state index contributed by atoms with van der Waals surface area (Å²) in [5.41, 5.74) is 3.51. The van der Waals surface area contributed by atoms with Crippen LogP contribution in [0.15, 0.2) is 36.0 Å². The highest BCUT2D eigenvalue weighted by atomic mass is 32.1. The number of esters is 1. The molecule has 0 fully saturated rings. The molecule has 2 heterocycles. The normalized spacial score (nSPS) is 10.8. The summed E-state index contributed by atoms with van der Waals surface area (Å²) < 4.78 is 4.66. The molecule has 0 unspecified atom stereocenters. The summed E-state index contributed by atoms with van der Waals surface area (Å²) in [5, 5.41) is 6.47. The Balaban J connectivity index is 1.84. The standard InChI is InChI=1S/C18H19N3O2S/c1-12-5-7-13(8-6-12)14-10-24-18-16(14)17(20-11-21-18)19-9-3-4-15(22)23-2/h5-8,10-11H,3-4,9H2,1-2H3,(H,19,20,21). The zero-order chi connectivity index (χ0) is 16.9. The summed E-state index contributed by atoms with van der Waals surface area (Å²) in [4.78, 5) is 20.9. The lowest BCUT2D eigenvalue weighted by atomic mass is 10.0. The van der Waals surface area contributed by atoms with Gasteiger partial charge in [-0.2, -0.15) is 0 Å². The third kappa shape index (κ3) is 3.54. The van der Waals surface area contributed by atoms with Crippen molar-refractivity contribution in [2.24, 2.45) is 0 Å². The van der Waals surface area contributed by atoms with Crippen LogP contribution in [0.2, 0.25) is 0 Å². The first kappa shape index (κ1) is 16.4. The number of nitrogens with one attached hydrogen (secondary N) is 1. The minimum atomic E-state index is -0.194. The summed E-state index contributed by atoms with van der Waals surface area (Å²) in [5.74, 6) is 0.613. The SMILES string of the molecule is COC(=O)CCCNc1ncnc2scc(-c3ccc(C)cc3)c12. The van der Waals surface area contributed by atoms with Gasteiger partial charge >= 0.3 is 5.97 Å². The van der Waals surface area contributed by atoms with Crippen molar-refractivity contribution in [1.82, 2.24) is 9.97 Å². The first-order valence-corrected chi connectivity index (χ1v) is 8.67. The van der Waals surface area contributed by atoms with Crippen LogP contribution in [-0.4, -0.2) is 29.6 Å². The molecule has 0 amide bonds. The van der Waals surface area contributed by atoms with Gasteiger partial charge in [0.2, 0.25) is 0 Å². The van der Waals surface area contributed by atoms with Crippen molar-refractivity contribution in [3.8, 4) is 11.1 Å². The van der Waals surface area contributed by atoms with E-state index in [0.29, 0.717) is 19.4 Å². The second-order valence-electron chi connectivity index (χ2n) is 5.52. The van der Waals surface area contributed by atoms with Gasteiger partial charge in [-0.05, 0) is 18.9 Å². The van der Waals surface area contributed by atoms with Gasteiger partial charge < -0.3 is 10.1 Å². The van der Waals surface area contributed by atoms with E-state index < -0.39 is 0 Å². The Bertz CT molecular complexity index is 843. The van der Waals surface area contributed by atoms with Crippen molar-refractivity contribution >= 4 is 33.3 Å². The number of aromatic nitrogens is 2. The van der Waals surface area contributed by atoms with Gasteiger partial charge in [-0.3, -0.25) is 4.79 Å². The molecule has 6 heteroatoms. The average Bonchev–Trinajstić information content (AvgIpc) is 3.04. The topological polar surface area (TPSA) is 64.1 Å². The maximum absolute atomic E-state index is 11.2. The van der Waals surface area contributed by atoms with Crippen LogP contribution in [0.1, 0.15) is 18.4 Å². The predicted octanol–water partition coefficient (Wildman–Crippen LogP) is 4.03. The Morgan fingerprint density at radius 3 is 2.79 bits per heavy atom. The van der Waals surface area contributed by atoms with Crippen LogP contribution in [0.5, 0.6) is 0 Å². The van der Waals surface area contributed by atoms with Crippen LogP contribution in [0.25, 0.3) is 21.3 Å². The van der Waals surface area contributed by atoms with Gasteiger partial charge in [-0.1, -0.05) is 29.8 Å². The maximum atomic E-state index is 11.2. The van der Waals surface area contributed by atoms with Crippen LogP contribution in [0.3, 0.4) is 0 Å². The molecule has 124 valence electrons. The molecule has 0 bridgehead atoms. The molecular weight excluding hydrogens is 322 g/mol. The monoisotopic (exact) mass is 341 g/mol. The molecule has 0 aliphatic rings. The fraction of sp³-hybridized carbons (Fsp3) is 0.278. The number of thiophene rings is 1. The molecule has 0 saturated carbocycles.